The predicted octanol–water partition coefficient (Wildman–Crippen LogP) is 2.89. The number of aromatic amines is 1. The lowest BCUT2D eigenvalue weighted by Gasteiger charge is -2.56. The van der Waals surface area contributed by atoms with Crippen molar-refractivity contribution in [3.8, 4) is 0 Å². The van der Waals surface area contributed by atoms with E-state index in [1.807, 2.05) is 0 Å². The van der Waals surface area contributed by atoms with Crippen LogP contribution in [0.3, 0.4) is 0 Å². The summed E-state index contributed by atoms with van der Waals surface area (Å²) in [6.45, 7) is 0. The minimum absolute atomic E-state index is 0.183. The fraction of sp³-hybridized carbons (Fsp3) is 0.750. The first-order chi connectivity index (χ1) is 9.63. The number of nitrogens with zero attached hydrogens (tertiary/aromatic N) is 1. The van der Waals surface area contributed by atoms with Gasteiger partial charge in [-0.2, -0.15) is 5.10 Å². The second-order valence-corrected chi connectivity index (χ2v) is 7.37. The Labute approximate surface area is 119 Å². The second kappa shape index (κ2) is 4.34. The summed E-state index contributed by atoms with van der Waals surface area (Å²) < 4.78 is 0. The Hall–Kier alpha value is -1.32. The predicted molar refractivity (Wildman–Crippen MR) is 74.4 cm³/mol. The molecular formula is C16H22N2O2. The third-order valence-corrected chi connectivity index (χ3v) is 5.82. The zero-order chi connectivity index (χ0) is 13.7. The lowest BCUT2D eigenvalue weighted by atomic mass is 9.49. The van der Waals surface area contributed by atoms with E-state index < -0.39 is 5.97 Å². The van der Waals surface area contributed by atoms with E-state index in [0.29, 0.717) is 11.8 Å². The van der Waals surface area contributed by atoms with E-state index >= 15 is 0 Å². The number of rotatable bonds is 4. The molecule has 1 heterocycles. The quantitative estimate of drug-likeness (QED) is 0.887. The molecule has 4 heteroatoms. The van der Waals surface area contributed by atoms with Gasteiger partial charge in [0.25, 0.3) is 0 Å². The molecule has 0 aromatic carbocycles. The van der Waals surface area contributed by atoms with E-state index in [1.54, 1.807) is 0 Å². The van der Waals surface area contributed by atoms with Gasteiger partial charge in [0.15, 0.2) is 0 Å². The van der Waals surface area contributed by atoms with Crippen LogP contribution in [0.15, 0.2) is 6.07 Å². The minimum atomic E-state index is -0.740. The van der Waals surface area contributed by atoms with Gasteiger partial charge in [0.05, 0.1) is 12.1 Å². The Balaban J connectivity index is 1.56. The number of aliphatic carboxylic acids is 1. The van der Waals surface area contributed by atoms with Crippen LogP contribution >= 0.6 is 0 Å². The van der Waals surface area contributed by atoms with Gasteiger partial charge in [-0.05, 0) is 68.8 Å². The average molecular weight is 274 g/mol. The Morgan fingerprint density at radius 3 is 2.40 bits per heavy atom. The summed E-state index contributed by atoms with van der Waals surface area (Å²) in [6.07, 6.45) is 8.99. The molecule has 0 saturated heterocycles. The Bertz CT molecular complexity index is 499. The van der Waals surface area contributed by atoms with E-state index in [0.717, 1.165) is 23.4 Å². The molecular weight excluding hydrogens is 252 g/mol. The van der Waals surface area contributed by atoms with Gasteiger partial charge in [-0.3, -0.25) is 9.89 Å². The van der Waals surface area contributed by atoms with E-state index in [2.05, 4.69) is 16.3 Å². The Morgan fingerprint density at radius 2 is 1.85 bits per heavy atom. The number of aromatic nitrogens is 2. The SMILES string of the molecule is O=C(O)CCc1cc(C23CC4CC(CC(C4)C2)C3)n[nH]1. The molecule has 1 aromatic heterocycles. The Morgan fingerprint density at radius 1 is 1.25 bits per heavy atom. The third kappa shape index (κ3) is 1.97. The molecule has 4 saturated carbocycles. The first kappa shape index (κ1) is 12.4. The third-order valence-electron chi connectivity index (χ3n) is 5.82. The summed E-state index contributed by atoms with van der Waals surface area (Å²) in [5.41, 5.74) is 2.52. The lowest BCUT2D eigenvalue weighted by Crippen LogP contribution is -2.48. The molecule has 4 aliphatic carbocycles. The van der Waals surface area contributed by atoms with Crippen molar-refractivity contribution in [2.75, 3.05) is 0 Å². The van der Waals surface area contributed by atoms with Crippen LogP contribution in [0, 0.1) is 17.8 Å². The average Bonchev–Trinajstić information content (AvgIpc) is 2.84. The topological polar surface area (TPSA) is 66.0 Å². The minimum Gasteiger partial charge on any atom is -0.481 e. The van der Waals surface area contributed by atoms with Crippen LogP contribution in [0.4, 0.5) is 0 Å². The van der Waals surface area contributed by atoms with Gasteiger partial charge < -0.3 is 5.11 Å². The van der Waals surface area contributed by atoms with Crippen LogP contribution in [0.5, 0.6) is 0 Å². The number of aryl methyl sites for hydroxylation is 1. The highest BCUT2D eigenvalue weighted by Gasteiger charge is 2.52. The van der Waals surface area contributed by atoms with E-state index in [4.69, 9.17) is 5.11 Å². The van der Waals surface area contributed by atoms with Gasteiger partial charge in [0.1, 0.15) is 0 Å². The molecule has 4 nitrogen and oxygen atoms in total. The summed E-state index contributed by atoms with van der Waals surface area (Å²) in [5.74, 6) is 2.01. The van der Waals surface area contributed by atoms with E-state index in [-0.39, 0.29) is 6.42 Å². The number of carbonyl (C=O) groups is 1. The number of hydrogen-bond donors (Lipinski definition) is 2. The number of carboxylic acid groups (broad SMARTS) is 1. The van der Waals surface area contributed by atoms with Gasteiger partial charge in [-0.1, -0.05) is 0 Å². The normalized spacial score (nSPS) is 38.3. The number of carboxylic acids is 1. The van der Waals surface area contributed by atoms with Crippen molar-refractivity contribution in [2.45, 2.75) is 56.8 Å². The fourth-order valence-electron chi connectivity index (χ4n) is 5.43. The highest BCUT2D eigenvalue weighted by molar-refractivity contribution is 5.66. The lowest BCUT2D eigenvalue weighted by molar-refractivity contribution is -0.136. The van der Waals surface area contributed by atoms with Crippen molar-refractivity contribution in [3.05, 3.63) is 17.5 Å². The van der Waals surface area contributed by atoms with Crippen LogP contribution in [0.1, 0.15) is 56.3 Å². The molecule has 4 aliphatic rings. The van der Waals surface area contributed by atoms with Crippen molar-refractivity contribution in [3.63, 3.8) is 0 Å². The van der Waals surface area contributed by atoms with Crippen molar-refractivity contribution in [1.29, 1.82) is 0 Å². The van der Waals surface area contributed by atoms with Crippen molar-refractivity contribution >= 4 is 5.97 Å². The molecule has 0 aliphatic heterocycles. The highest BCUT2D eigenvalue weighted by atomic mass is 16.4. The van der Waals surface area contributed by atoms with E-state index in [1.165, 1.54) is 44.2 Å². The molecule has 0 unspecified atom stereocenters. The summed E-state index contributed by atoms with van der Waals surface area (Å²) in [6, 6.07) is 2.15. The Kier molecular flexibility index (Phi) is 2.69. The fourth-order valence-corrected chi connectivity index (χ4v) is 5.43. The summed E-state index contributed by atoms with van der Waals surface area (Å²) in [7, 11) is 0. The van der Waals surface area contributed by atoms with Gasteiger partial charge >= 0.3 is 5.97 Å². The molecule has 4 fully saturated rings. The summed E-state index contributed by atoms with van der Waals surface area (Å²) in [4.78, 5) is 10.7. The summed E-state index contributed by atoms with van der Waals surface area (Å²) >= 11 is 0. The summed E-state index contributed by atoms with van der Waals surface area (Å²) in [5, 5.41) is 16.4. The van der Waals surface area contributed by atoms with E-state index in [9.17, 15) is 4.79 Å². The highest BCUT2D eigenvalue weighted by Crippen LogP contribution is 2.60. The van der Waals surface area contributed by atoms with Crippen LogP contribution < -0.4 is 0 Å². The van der Waals surface area contributed by atoms with Gasteiger partial charge in [-0.25, -0.2) is 0 Å². The van der Waals surface area contributed by atoms with Crippen LogP contribution in [-0.2, 0) is 16.6 Å². The molecule has 108 valence electrons. The van der Waals surface area contributed by atoms with Crippen molar-refractivity contribution in [1.82, 2.24) is 10.2 Å². The maximum absolute atomic E-state index is 10.7. The maximum atomic E-state index is 10.7. The molecule has 4 bridgehead atoms. The molecule has 20 heavy (non-hydrogen) atoms. The molecule has 1 aromatic rings. The maximum Gasteiger partial charge on any atom is 0.303 e. The van der Waals surface area contributed by atoms with Crippen LogP contribution in [0.2, 0.25) is 0 Å². The zero-order valence-electron chi connectivity index (χ0n) is 11.8. The number of hydrogen-bond acceptors (Lipinski definition) is 2. The largest absolute Gasteiger partial charge is 0.481 e. The van der Waals surface area contributed by atoms with Gasteiger partial charge in [-0.15, -0.1) is 0 Å². The molecule has 0 spiro atoms. The number of nitrogens with one attached hydrogen (secondary N) is 1. The van der Waals surface area contributed by atoms with Crippen LogP contribution in [-0.4, -0.2) is 21.3 Å². The zero-order valence-corrected chi connectivity index (χ0v) is 11.8. The smallest absolute Gasteiger partial charge is 0.303 e. The first-order valence-corrected chi connectivity index (χ1v) is 7.89. The van der Waals surface area contributed by atoms with Crippen molar-refractivity contribution in [2.24, 2.45) is 17.8 Å². The monoisotopic (exact) mass is 274 g/mol. The molecule has 0 radical (unpaired) electrons. The molecule has 0 atom stereocenters. The van der Waals surface area contributed by atoms with Gasteiger partial charge in [0.2, 0.25) is 0 Å². The number of H-pyrrole nitrogens is 1. The van der Waals surface area contributed by atoms with Crippen LogP contribution in [0.25, 0.3) is 0 Å². The molecule has 0 amide bonds. The standard InChI is InChI=1S/C16H22N2O2/c19-15(20)2-1-13-6-14(18-17-13)16-7-10-3-11(8-16)5-12(4-10)9-16/h6,10-12H,1-5,7-9H2,(H,17,18)(H,19,20). The molecule has 2 N–H and O–H groups in total. The first-order valence-electron chi connectivity index (χ1n) is 7.89. The van der Waals surface area contributed by atoms with Crippen molar-refractivity contribution < 1.29 is 9.90 Å². The van der Waals surface area contributed by atoms with Gasteiger partial charge in [0, 0.05) is 11.1 Å². The second-order valence-electron chi connectivity index (χ2n) is 7.37. The molecule has 5 rings (SSSR count).